The van der Waals surface area contributed by atoms with Crippen molar-refractivity contribution in [2.45, 2.75) is 58.4 Å². The second-order valence-electron chi connectivity index (χ2n) is 6.71. The van der Waals surface area contributed by atoms with Crippen LogP contribution in [0.4, 0.5) is 0 Å². The molecule has 8 heteroatoms. The first-order chi connectivity index (χ1) is 11.9. The van der Waals surface area contributed by atoms with Crippen LogP contribution in [0.25, 0.3) is 0 Å². The van der Waals surface area contributed by atoms with Gasteiger partial charge in [-0.05, 0) is 18.8 Å². The number of hydrogen-bond donors (Lipinski definition) is 3. The number of guanidine groups is 1. The van der Waals surface area contributed by atoms with E-state index in [0.29, 0.717) is 31.3 Å². The minimum atomic E-state index is -2.96. The number of unbranched alkanes of at least 4 members (excludes halogenated alkanes) is 1. The van der Waals surface area contributed by atoms with Crippen molar-refractivity contribution in [3.63, 3.8) is 0 Å². The van der Waals surface area contributed by atoms with E-state index in [9.17, 15) is 13.2 Å². The second-order valence-corrected chi connectivity index (χ2v) is 8.94. The molecule has 1 fully saturated rings. The van der Waals surface area contributed by atoms with Crippen molar-refractivity contribution in [3.05, 3.63) is 0 Å². The summed E-state index contributed by atoms with van der Waals surface area (Å²) in [6, 6.07) is -0.237. The highest BCUT2D eigenvalue weighted by atomic mass is 32.2. The molecule has 0 aromatic carbocycles. The van der Waals surface area contributed by atoms with Crippen LogP contribution in [0.3, 0.4) is 0 Å². The van der Waals surface area contributed by atoms with Crippen LogP contribution >= 0.6 is 0 Å². The highest BCUT2D eigenvalue weighted by molar-refractivity contribution is 7.91. The van der Waals surface area contributed by atoms with Crippen LogP contribution in [0, 0.1) is 5.92 Å². The maximum atomic E-state index is 11.9. The molecule has 0 aliphatic carbocycles. The highest BCUT2D eigenvalue weighted by Crippen LogP contribution is 2.11. The Labute approximate surface area is 152 Å². The lowest BCUT2D eigenvalue weighted by Crippen LogP contribution is -2.42. The SMILES string of the molecule is CCCCC(CC)CNC(=NC)NCCC(=O)NC1CCS(=O)(=O)C1. The van der Waals surface area contributed by atoms with Gasteiger partial charge in [-0.15, -0.1) is 0 Å². The van der Waals surface area contributed by atoms with Crippen LogP contribution in [-0.4, -0.2) is 58.0 Å². The van der Waals surface area contributed by atoms with E-state index in [4.69, 9.17) is 0 Å². The lowest BCUT2D eigenvalue weighted by Gasteiger charge is -2.18. The number of hydrogen-bond acceptors (Lipinski definition) is 4. The Morgan fingerprint density at radius 1 is 1.28 bits per heavy atom. The summed E-state index contributed by atoms with van der Waals surface area (Å²) in [4.78, 5) is 16.1. The van der Waals surface area contributed by atoms with Crippen LogP contribution < -0.4 is 16.0 Å². The first-order valence-corrected chi connectivity index (χ1v) is 11.2. The van der Waals surface area contributed by atoms with Gasteiger partial charge in [-0.2, -0.15) is 0 Å². The molecule has 3 N–H and O–H groups in total. The molecular weight excluding hydrogens is 340 g/mol. The summed E-state index contributed by atoms with van der Waals surface area (Å²) in [6.45, 7) is 5.75. The Morgan fingerprint density at radius 2 is 2.04 bits per heavy atom. The zero-order valence-electron chi connectivity index (χ0n) is 15.8. The van der Waals surface area contributed by atoms with Gasteiger partial charge in [0.05, 0.1) is 11.5 Å². The van der Waals surface area contributed by atoms with Crippen LogP contribution in [0.2, 0.25) is 0 Å². The molecule has 0 saturated carbocycles. The third kappa shape index (κ3) is 9.09. The molecule has 0 spiro atoms. The topological polar surface area (TPSA) is 99.7 Å². The zero-order chi connectivity index (χ0) is 18.7. The number of carbonyl (C=O) groups excluding carboxylic acids is 1. The van der Waals surface area contributed by atoms with E-state index < -0.39 is 9.84 Å². The lowest BCUT2D eigenvalue weighted by atomic mass is 9.99. The largest absolute Gasteiger partial charge is 0.356 e. The molecule has 7 nitrogen and oxygen atoms in total. The number of sulfone groups is 1. The number of nitrogens with one attached hydrogen (secondary N) is 3. The first kappa shape index (κ1) is 21.7. The van der Waals surface area contributed by atoms with Crippen molar-refractivity contribution in [3.8, 4) is 0 Å². The molecule has 146 valence electrons. The molecule has 1 aliphatic heterocycles. The van der Waals surface area contributed by atoms with Gasteiger partial charge in [0.25, 0.3) is 0 Å². The Kier molecular flexibility index (Phi) is 9.85. The van der Waals surface area contributed by atoms with Crippen molar-refractivity contribution in [2.75, 3.05) is 31.6 Å². The maximum absolute atomic E-state index is 11.9. The van der Waals surface area contributed by atoms with Crippen LogP contribution in [0.15, 0.2) is 4.99 Å². The Hall–Kier alpha value is -1.31. The number of rotatable bonds is 10. The molecule has 0 radical (unpaired) electrons. The van der Waals surface area contributed by atoms with Crippen molar-refractivity contribution in [1.29, 1.82) is 0 Å². The van der Waals surface area contributed by atoms with Crippen LogP contribution in [0.5, 0.6) is 0 Å². The fourth-order valence-corrected chi connectivity index (χ4v) is 4.58. The van der Waals surface area contributed by atoms with E-state index in [1.165, 1.54) is 19.3 Å². The minimum absolute atomic E-state index is 0.0611. The van der Waals surface area contributed by atoms with Crippen LogP contribution in [-0.2, 0) is 14.6 Å². The average molecular weight is 375 g/mol. The number of nitrogens with zero attached hydrogens (tertiary/aromatic N) is 1. The third-order valence-electron chi connectivity index (χ3n) is 4.57. The fourth-order valence-electron chi connectivity index (χ4n) is 2.91. The molecule has 1 heterocycles. The van der Waals surface area contributed by atoms with Gasteiger partial charge in [0.2, 0.25) is 5.91 Å². The molecule has 1 aliphatic rings. The molecule has 1 rings (SSSR count). The van der Waals surface area contributed by atoms with E-state index in [2.05, 4.69) is 34.8 Å². The summed E-state index contributed by atoms with van der Waals surface area (Å²) < 4.78 is 22.8. The molecule has 1 amide bonds. The highest BCUT2D eigenvalue weighted by Gasteiger charge is 2.28. The first-order valence-electron chi connectivity index (χ1n) is 9.34. The van der Waals surface area contributed by atoms with Crippen molar-refractivity contribution < 1.29 is 13.2 Å². The van der Waals surface area contributed by atoms with Crippen molar-refractivity contribution >= 4 is 21.7 Å². The van der Waals surface area contributed by atoms with Gasteiger partial charge in [-0.3, -0.25) is 9.79 Å². The number of carbonyl (C=O) groups is 1. The Bertz CT molecular complexity index is 534. The minimum Gasteiger partial charge on any atom is -0.356 e. The lowest BCUT2D eigenvalue weighted by molar-refractivity contribution is -0.121. The second kappa shape index (κ2) is 11.3. The molecular formula is C17H34N4O3S. The van der Waals surface area contributed by atoms with Gasteiger partial charge in [0.15, 0.2) is 15.8 Å². The van der Waals surface area contributed by atoms with Gasteiger partial charge >= 0.3 is 0 Å². The third-order valence-corrected chi connectivity index (χ3v) is 6.34. The van der Waals surface area contributed by atoms with Crippen molar-refractivity contribution in [2.24, 2.45) is 10.9 Å². The average Bonchev–Trinajstić information content (AvgIpc) is 2.91. The molecule has 0 aromatic heterocycles. The maximum Gasteiger partial charge on any atom is 0.222 e. The smallest absolute Gasteiger partial charge is 0.222 e. The number of aliphatic imine (C=N–C) groups is 1. The normalized spacial score (nSPS) is 20.9. The van der Waals surface area contributed by atoms with Gasteiger partial charge in [0, 0.05) is 32.6 Å². The van der Waals surface area contributed by atoms with Crippen molar-refractivity contribution in [1.82, 2.24) is 16.0 Å². The molecule has 25 heavy (non-hydrogen) atoms. The van der Waals surface area contributed by atoms with Gasteiger partial charge in [-0.1, -0.05) is 33.1 Å². The molecule has 0 aromatic rings. The molecule has 2 atom stereocenters. The summed E-state index contributed by atoms with van der Waals surface area (Å²) in [7, 11) is -1.25. The summed E-state index contributed by atoms with van der Waals surface area (Å²) in [5, 5.41) is 9.24. The predicted octanol–water partition coefficient (Wildman–Crippen LogP) is 1.06. The van der Waals surface area contributed by atoms with Gasteiger partial charge in [-0.25, -0.2) is 8.42 Å². The quantitative estimate of drug-likeness (QED) is 0.392. The predicted molar refractivity (Wildman–Crippen MR) is 102 cm³/mol. The monoisotopic (exact) mass is 374 g/mol. The summed E-state index contributed by atoms with van der Waals surface area (Å²) in [5.41, 5.74) is 0. The van der Waals surface area contributed by atoms with E-state index in [0.717, 1.165) is 13.0 Å². The van der Waals surface area contributed by atoms with E-state index in [-0.39, 0.29) is 23.5 Å². The molecule has 1 saturated heterocycles. The molecule has 0 bridgehead atoms. The fraction of sp³-hybridized carbons (Fsp3) is 0.882. The zero-order valence-corrected chi connectivity index (χ0v) is 16.6. The Morgan fingerprint density at radius 3 is 2.60 bits per heavy atom. The molecule has 2 unspecified atom stereocenters. The van der Waals surface area contributed by atoms with E-state index >= 15 is 0 Å². The standard InChI is InChI=1S/C17H34N4O3S/c1-4-6-7-14(5-2)12-20-17(18-3)19-10-8-16(22)21-15-9-11-25(23,24)13-15/h14-15H,4-13H2,1-3H3,(H,21,22)(H2,18,19,20). The van der Waals surface area contributed by atoms with E-state index in [1.54, 1.807) is 7.05 Å². The Balaban J connectivity index is 2.22. The summed E-state index contributed by atoms with van der Waals surface area (Å²) >= 11 is 0. The summed E-state index contributed by atoms with van der Waals surface area (Å²) in [6.07, 6.45) is 5.61. The van der Waals surface area contributed by atoms with Gasteiger partial charge in [0.1, 0.15) is 0 Å². The van der Waals surface area contributed by atoms with Crippen LogP contribution in [0.1, 0.15) is 52.4 Å². The van der Waals surface area contributed by atoms with E-state index in [1.807, 2.05) is 0 Å². The summed E-state index contributed by atoms with van der Waals surface area (Å²) in [5.74, 6) is 1.44. The van der Waals surface area contributed by atoms with Gasteiger partial charge < -0.3 is 16.0 Å². The number of amides is 1.